The zero-order valence-corrected chi connectivity index (χ0v) is 17.5. The second-order valence-corrected chi connectivity index (χ2v) is 7.87. The standard InChI is InChI=1S/C22H18F6N2O2S/c23-21(24,25)16-11-17(22(26,27)28)13-18(12-16)32-33(31)30-20(15-9-5-2-6-10-15)19(29)14-7-3-1-4-8-14/h1-13,19-20,30H,29H2/t19-,20-,33?/m1/s1. The van der Waals surface area contributed by atoms with E-state index in [2.05, 4.69) is 4.72 Å². The van der Waals surface area contributed by atoms with Gasteiger partial charge in [-0.1, -0.05) is 60.7 Å². The Morgan fingerprint density at radius 1 is 0.758 bits per heavy atom. The average molecular weight is 488 g/mol. The topological polar surface area (TPSA) is 64.3 Å². The van der Waals surface area contributed by atoms with Crippen molar-refractivity contribution in [2.75, 3.05) is 0 Å². The molecule has 3 atom stereocenters. The highest BCUT2D eigenvalue weighted by molar-refractivity contribution is 7.78. The summed E-state index contributed by atoms with van der Waals surface area (Å²) in [4.78, 5) is 0. The Bertz CT molecular complexity index is 1060. The molecule has 11 heteroatoms. The molecule has 0 aromatic heterocycles. The summed E-state index contributed by atoms with van der Waals surface area (Å²) >= 11 is -2.53. The lowest BCUT2D eigenvalue weighted by Crippen LogP contribution is -2.34. The van der Waals surface area contributed by atoms with Crippen molar-refractivity contribution in [3.05, 3.63) is 101 Å². The molecule has 0 heterocycles. The quantitative estimate of drug-likeness (QED) is 0.419. The molecular formula is C22H18F6N2O2S. The molecule has 1 unspecified atom stereocenters. The van der Waals surface area contributed by atoms with Gasteiger partial charge in [-0.25, -0.2) is 0 Å². The molecule has 0 radical (unpaired) electrons. The van der Waals surface area contributed by atoms with E-state index < -0.39 is 52.6 Å². The van der Waals surface area contributed by atoms with Gasteiger partial charge >= 0.3 is 12.4 Å². The van der Waals surface area contributed by atoms with Crippen molar-refractivity contribution in [3.63, 3.8) is 0 Å². The molecule has 0 saturated carbocycles. The number of alkyl halides is 6. The van der Waals surface area contributed by atoms with Crippen molar-refractivity contribution in [3.8, 4) is 5.75 Å². The molecule has 33 heavy (non-hydrogen) atoms. The van der Waals surface area contributed by atoms with Gasteiger partial charge in [0, 0.05) is 0 Å². The molecule has 3 N–H and O–H groups in total. The predicted octanol–water partition coefficient (Wildman–Crippen LogP) is 5.71. The summed E-state index contributed by atoms with van der Waals surface area (Å²) in [5.74, 6) is -0.858. The summed E-state index contributed by atoms with van der Waals surface area (Å²) < 4.78 is 98.5. The van der Waals surface area contributed by atoms with Crippen molar-refractivity contribution in [2.45, 2.75) is 24.4 Å². The van der Waals surface area contributed by atoms with E-state index in [0.29, 0.717) is 23.3 Å². The molecule has 0 aliphatic heterocycles. The first kappa shape index (κ1) is 24.7. The number of rotatable bonds is 7. The molecule has 0 fully saturated rings. The molecule has 0 saturated heterocycles. The van der Waals surface area contributed by atoms with Gasteiger partial charge in [-0.3, -0.25) is 0 Å². The van der Waals surface area contributed by atoms with Gasteiger partial charge < -0.3 is 9.92 Å². The summed E-state index contributed by atoms with van der Waals surface area (Å²) in [6.07, 6.45) is -10.1. The first-order chi connectivity index (χ1) is 15.4. The first-order valence-corrected chi connectivity index (χ1v) is 10.5. The molecule has 0 spiro atoms. The van der Waals surface area contributed by atoms with E-state index in [1.807, 2.05) is 0 Å². The van der Waals surface area contributed by atoms with Crippen LogP contribution in [-0.2, 0) is 23.6 Å². The Morgan fingerprint density at radius 3 is 1.67 bits per heavy atom. The third-order valence-electron chi connectivity index (χ3n) is 4.66. The number of nitrogens with two attached hydrogens (primary N) is 1. The number of halogens is 6. The van der Waals surface area contributed by atoms with Crippen LogP contribution in [0.15, 0.2) is 78.9 Å². The number of hydrogen-bond acceptors (Lipinski definition) is 3. The smallest absolute Gasteiger partial charge is 0.389 e. The van der Waals surface area contributed by atoms with Crippen LogP contribution in [0.2, 0.25) is 0 Å². The van der Waals surface area contributed by atoms with Gasteiger partial charge in [-0.05, 0) is 29.3 Å². The van der Waals surface area contributed by atoms with Gasteiger partial charge in [0.1, 0.15) is 5.75 Å². The molecule has 4 nitrogen and oxygen atoms in total. The van der Waals surface area contributed by atoms with E-state index in [4.69, 9.17) is 9.92 Å². The Balaban J connectivity index is 1.89. The van der Waals surface area contributed by atoms with Crippen LogP contribution in [0.5, 0.6) is 5.75 Å². The monoisotopic (exact) mass is 488 g/mol. The minimum Gasteiger partial charge on any atom is -0.389 e. The van der Waals surface area contributed by atoms with Gasteiger partial charge in [0.15, 0.2) is 0 Å². The summed E-state index contributed by atoms with van der Waals surface area (Å²) in [5.41, 5.74) is 4.42. The van der Waals surface area contributed by atoms with E-state index in [1.54, 1.807) is 60.7 Å². The SMILES string of the molecule is N[C@H](c1ccccc1)[C@H](NS(=O)Oc1cc(C(F)(F)F)cc(C(F)(F)F)c1)c1ccccc1. The maximum atomic E-state index is 13.1. The second-order valence-electron chi connectivity index (χ2n) is 7.00. The number of nitrogens with one attached hydrogen (secondary N) is 1. The first-order valence-electron chi connectivity index (χ1n) is 9.46. The van der Waals surface area contributed by atoms with Gasteiger partial charge in [-0.2, -0.15) is 35.3 Å². The highest BCUT2D eigenvalue weighted by Gasteiger charge is 2.37. The van der Waals surface area contributed by atoms with Gasteiger partial charge in [0.05, 0.1) is 23.2 Å². The second kappa shape index (κ2) is 9.94. The fourth-order valence-corrected chi connectivity index (χ4v) is 3.88. The van der Waals surface area contributed by atoms with Crippen LogP contribution in [0.25, 0.3) is 0 Å². The van der Waals surface area contributed by atoms with E-state index in [9.17, 15) is 30.6 Å². The minimum atomic E-state index is -5.06. The normalized spacial score (nSPS) is 15.0. The Morgan fingerprint density at radius 2 is 1.21 bits per heavy atom. The van der Waals surface area contributed by atoms with Crippen molar-refractivity contribution >= 4 is 11.3 Å². The van der Waals surface area contributed by atoms with Crippen LogP contribution in [0.3, 0.4) is 0 Å². The Kier molecular flexibility index (Phi) is 7.45. The predicted molar refractivity (Wildman–Crippen MR) is 111 cm³/mol. The van der Waals surface area contributed by atoms with Crippen LogP contribution >= 0.6 is 0 Å². The fourth-order valence-electron chi connectivity index (χ4n) is 3.07. The minimum absolute atomic E-state index is 0.0404. The van der Waals surface area contributed by atoms with E-state index in [-0.39, 0.29) is 6.07 Å². The summed E-state index contributed by atoms with van der Waals surface area (Å²) in [6.45, 7) is 0. The number of benzene rings is 3. The van der Waals surface area contributed by atoms with Crippen LogP contribution < -0.4 is 14.6 Å². The molecular weight excluding hydrogens is 470 g/mol. The Labute approximate surface area is 188 Å². The van der Waals surface area contributed by atoms with Crippen molar-refractivity contribution < 1.29 is 34.7 Å². The highest BCUT2D eigenvalue weighted by Crippen LogP contribution is 2.38. The molecule has 176 valence electrons. The van der Waals surface area contributed by atoms with E-state index >= 15 is 0 Å². The highest BCUT2D eigenvalue weighted by atomic mass is 32.2. The van der Waals surface area contributed by atoms with Gasteiger partial charge in [0.25, 0.3) is 11.3 Å². The van der Waals surface area contributed by atoms with Crippen LogP contribution in [0, 0.1) is 0 Å². The molecule has 3 rings (SSSR count). The van der Waals surface area contributed by atoms with Gasteiger partial charge in [-0.15, -0.1) is 0 Å². The lowest BCUT2D eigenvalue weighted by molar-refractivity contribution is -0.143. The average Bonchev–Trinajstić information content (AvgIpc) is 2.77. The van der Waals surface area contributed by atoms with Crippen LogP contribution in [-0.4, -0.2) is 4.21 Å². The summed E-state index contributed by atoms with van der Waals surface area (Å²) in [5, 5.41) is 0. The number of hydrogen-bond donors (Lipinski definition) is 2. The van der Waals surface area contributed by atoms with Crippen molar-refractivity contribution in [1.82, 2.24) is 4.72 Å². The van der Waals surface area contributed by atoms with E-state index in [0.717, 1.165) is 0 Å². The zero-order chi connectivity index (χ0) is 24.2. The molecule has 0 aliphatic carbocycles. The fraction of sp³-hybridized carbons (Fsp3) is 0.182. The lowest BCUT2D eigenvalue weighted by atomic mass is 9.95. The largest absolute Gasteiger partial charge is 0.416 e. The molecule has 3 aromatic rings. The van der Waals surface area contributed by atoms with Crippen molar-refractivity contribution in [2.24, 2.45) is 5.73 Å². The van der Waals surface area contributed by atoms with E-state index in [1.165, 1.54) is 0 Å². The molecule has 3 aromatic carbocycles. The summed E-state index contributed by atoms with van der Waals surface area (Å²) in [6, 6.07) is 16.3. The summed E-state index contributed by atoms with van der Waals surface area (Å²) in [7, 11) is 0. The maximum Gasteiger partial charge on any atom is 0.416 e. The molecule has 0 aliphatic rings. The van der Waals surface area contributed by atoms with Crippen LogP contribution in [0.1, 0.15) is 34.3 Å². The van der Waals surface area contributed by atoms with Crippen molar-refractivity contribution in [1.29, 1.82) is 0 Å². The maximum absolute atomic E-state index is 13.1. The molecule has 0 bridgehead atoms. The molecule has 0 amide bonds. The van der Waals surface area contributed by atoms with Crippen LogP contribution in [0.4, 0.5) is 26.3 Å². The lowest BCUT2D eigenvalue weighted by Gasteiger charge is -2.25. The third-order valence-corrected chi connectivity index (χ3v) is 5.45. The van der Waals surface area contributed by atoms with Gasteiger partial charge in [0.2, 0.25) is 0 Å². The zero-order valence-electron chi connectivity index (χ0n) is 16.7. The third kappa shape index (κ3) is 6.56. The Hall–Kier alpha value is -2.89.